The number of carbonyl (C=O) groups excluding carboxylic acids is 1. The van der Waals surface area contributed by atoms with Crippen molar-refractivity contribution in [1.29, 1.82) is 0 Å². The normalized spacial score (nSPS) is 24.6. The fraction of sp³-hybridized carbons (Fsp3) is 0.812. The number of piperidine rings is 1. The number of hydrogen-bond donors (Lipinski definition) is 2. The molecule has 2 atom stereocenters. The van der Waals surface area contributed by atoms with Crippen molar-refractivity contribution in [2.45, 2.75) is 59.2 Å². The smallest absolute Gasteiger partial charge is 0.317 e. The molecule has 0 radical (unpaired) electrons. The SMILES string of the molecule is CC(C)(C)C1CCN(C(=O)NCc2nnc3n2CCC3)CC1O. The Balaban J connectivity index is 1.53. The molecule has 0 aromatic carbocycles. The van der Waals surface area contributed by atoms with Gasteiger partial charge in [0.2, 0.25) is 0 Å². The number of aryl methyl sites for hydroxylation is 1. The Morgan fingerprint density at radius 2 is 2.13 bits per heavy atom. The molecule has 7 nitrogen and oxygen atoms in total. The summed E-state index contributed by atoms with van der Waals surface area (Å²) in [7, 11) is 0. The molecule has 2 amide bonds. The number of urea groups is 1. The molecule has 2 aliphatic rings. The lowest BCUT2D eigenvalue weighted by atomic mass is 9.74. The summed E-state index contributed by atoms with van der Waals surface area (Å²) < 4.78 is 2.08. The number of aromatic nitrogens is 3. The van der Waals surface area contributed by atoms with Gasteiger partial charge in [-0.05, 0) is 24.2 Å². The lowest BCUT2D eigenvalue weighted by Gasteiger charge is -2.42. The number of amides is 2. The Labute approximate surface area is 137 Å². The number of likely N-dealkylation sites (tertiary alicyclic amines) is 1. The van der Waals surface area contributed by atoms with Gasteiger partial charge in [0.15, 0.2) is 5.82 Å². The summed E-state index contributed by atoms with van der Waals surface area (Å²) in [5.74, 6) is 2.05. The standard InChI is InChI=1S/C16H27N5O2/c1-16(2,3)11-6-8-20(10-12(11)22)15(23)17-9-14-19-18-13-5-4-7-21(13)14/h11-12,22H,4-10H2,1-3H3,(H,17,23). The van der Waals surface area contributed by atoms with Gasteiger partial charge in [0.1, 0.15) is 5.82 Å². The van der Waals surface area contributed by atoms with Crippen LogP contribution in [-0.2, 0) is 19.5 Å². The molecule has 0 aliphatic carbocycles. The minimum atomic E-state index is -0.466. The minimum absolute atomic E-state index is 0.0596. The zero-order valence-electron chi connectivity index (χ0n) is 14.2. The number of hydrogen-bond acceptors (Lipinski definition) is 4. The molecular weight excluding hydrogens is 294 g/mol. The molecule has 3 rings (SSSR count). The van der Waals surface area contributed by atoms with Crippen molar-refractivity contribution < 1.29 is 9.90 Å². The number of aliphatic hydroxyl groups excluding tert-OH is 1. The average Bonchev–Trinajstić information content (AvgIpc) is 3.06. The van der Waals surface area contributed by atoms with Gasteiger partial charge in [0.25, 0.3) is 0 Å². The van der Waals surface area contributed by atoms with Crippen molar-refractivity contribution in [3.8, 4) is 0 Å². The molecule has 3 heterocycles. The highest BCUT2D eigenvalue weighted by Crippen LogP contribution is 2.34. The quantitative estimate of drug-likeness (QED) is 0.856. The molecular formula is C16H27N5O2. The van der Waals surface area contributed by atoms with Gasteiger partial charge < -0.3 is 19.9 Å². The van der Waals surface area contributed by atoms with Crippen molar-refractivity contribution >= 4 is 6.03 Å². The van der Waals surface area contributed by atoms with Gasteiger partial charge in [-0.3, -0.25) is 0 Å². The topological polar surface area (TPSA) is 83.3 Å². The first-order chi connectivity index (χ1) is 10.9. The number of carbonyl (C=O) groups is 1. The molecule has 7 heteroatoms. The van der Waals surface area contributed by atoms with Crippen molar-refractivity contribution in [2.24, 2.45) is 11.3 Å². The maximum Gasteiger partial charge on any atom is 0.317 e. The molecule has 1 aromatic rings. The van der Waals surface area contributed by atoms with Crippen LogP contribution >= 0.6 is 0 Å². The molecule has 0 spiro atoms. The zero-order valence-corrected chi connectivity index (χ0v) is 14.2. The van der Waals surface area contributed by atoms with E-state index in [-0.39, 0.29) is 17.4 Å². The van der Waals surface area contributed by atoms with Crippen molar-refractivity contribution in [1.82, 2.24) is 25.0 Å². The zero-order chi connectivity index (χ0) is 16.6. The molecule has 1 saturated heterocycles. The van der Waals surface area contributed by atoms with Gasteiger partial charge in [-0.1, -0.05) is 20.8 Å². The fourth-order valence-electron chi connectivity index (χ4n) is 3.73. The van der Waals surface area contributed by atoms with Crippen molar-refractivity contribution in [3.05, 3.63) is 11.6 Å². The Morgan fingerprint density at radius 1 is 1.35 bits per heavy atom. The average molecular weight is 321 g/mol. The van der Waals surface area contributed by atoms with Crippen LogP contribution in [0.2, 0.25) is 0 Å². The van der Waals surface area contributed by atoms with Crippen LogP contribution in [0.25, 0.3) is 0 Å². The second kappa shape index (κ2) is 6.11. The Kier molecular flexibility index (Phi) is 4.31. The molecule has 1 aromatic heterocycles. The number of nitrogens with one attached hydrogen (secondary N) is 1. The van der Waals surface area contributed by atoms with Crippen LogP contribution in [0.1, 0.15) is 45.3 Å². The number of rotatable bonds is 2. The first kappa shape index (κ1) is 16.2. The maximum atomic E-state index is 12.3. The van der Waals surface area contributed by atoms with Crippen molar-refractivity contribution in [3.63, 3.8) is 0 Å². The molecule has 1 fully saturated rings. The largest absolute Gasteiger partial charge is 0.391 e. The molecule has 128 valence electrons. The lowest BCUT2D eigenvalue weighted by Crippen LogP contribution is -2.52. The van der Waals surface area contributed by atoms with Crippen LogP contribution in [0, 0.1) is 11.3 Å². The first-order valence-electron chi connectivity index (χ1n) is 8.48. The summed E-state index contributed by atoms with van der Waals surface area (Å²) in [6, 6.07) is -0.133. The number of β-amino-alcohol motifs (C(OH)–C–C–N with tert-alkyl or cyclic N) is 1. The maximum absolute atomic E-state index is 12.3. The molecule has 0 bridgehead atoms. The molecule has 2 unspecified atom stereocenters. The summed E-state index contributed by atoms with van der Waals surface area (Å²) >= 11 is 0. The van der Waals surface area contributed by atoms with Gasteiger partial charge in [-0.15, -0.1) is 10.2 Å². The van der Waals surface area contributed by atoms with Crippen molar-refractivity contribution in [2.75, 3.05) is 13.1 Å². The highest BCUT2D eigenvalue weighted by atomic mass is 16.3. The predicted molar refractivity (Wildman–Crippen MR) is 85.7 cm³/mol. The second-order valence-corrected chi connectivity index (χ2v) is 7.72. The summed E-state index contributed by atoms with van der Waals surface area (Å²) in [6.45, 7) is 8.83. The van der Waals surface area contributed by atoms with Crippen LogP contribution in [0.4, 0.5) is 4.79 Å². The lowest BCUT2D eigenvalue weighted by molar-refractivity contribution is -0.0124. The summed E-state index contributed by atoms with van der Waals surface area (Å²) in [4.78, 5) is 14.0. The van der Waals surface area contributed by atoms with Gasteiger partial charge in [0.05, 0.1) is 12.6 Å². The van der Waals surface area contributed by atoms with E-state index in [1.807, 2.05) is 0 Å². The number of nitrogens with zero attached hydrogens (tertiary/aromatic N) is 4. The molecule has 0 saturated carbocycles. The van der Waals surface area contributed by atoms with Crippen LogP contribution in [0.5, 0.6) is 0 Å². The van der Waals surface area contributed by atoms with Crippen LogP contribution in [0.3, 0.4) is 0 Å². The van der Waals surface area contributed by atoms with E-state index in [1.54, 1.807) is 4.90 Å². The summed E-state index contributed by atoms with van der Waals surface area (Å²) in [5, 5.41) is 21.6. The van der Waals surface area contributed by atoms with Gasteiger partial charge in [-0.25, -0.2) is 4.79 Å². The highest BCUT2D eigenvalue weighted by Gasteiger charge is 2.37. The van der Waals surface area contributed by atoms with E-state index in [0.29, 0.717) is 19.6 Å². The van der Waals surface area contributed by atoms with Crippen LogP contribution in [-0.4, -0.2) is 50.0 Å². The van der Waals surface area contributed by atoms with Crippen LogP contribution < -0.4 is 5.32 Å². The van der Waals surface area contributed by atoms with E-state index >= 15 is 0 Å². The Morgan fingerprint density at radius 3 is 2.83 bits per heavy atom. The summed E-state index contributed by atoms with van der Waals surface area (Å²) in [5.41, 5.74) is 0.0596. The third-order valence-electron chi connectivity index (χ3n) is 5.07. The Bertz CT molecular complexity index is 578. The third-order valence-corrected chi connectivity index (χ3v) is 5.07. The van der Waals surface area contributed by atoms with E-state index in [2.05, 4.69) is 40.9 Å². The van der Waals surface area contributed by atoms with Gasteiger partial charge >= 0.3 is 6.03 Å². The minimum Gasteiger partial charge on any atom is -0.391 e. The monoisotopic (exact) mass is 321 g/mol. The van der Waals surface area contributed by atoms with E-state index in [0.717, 1.165) is 37.5 Å². The van der Waals surface area contributed by atoms with E-state index in [4.69, 9.17) is 0 Å². The third kappa shape index (κ3) is 3.34. The van der Waals surface area contributed by atoms with Gasteiger partial charge in [0, 0.05) is 26.1 Å². The van der Waals surface area contributed by atoms with E-state index in [1.165, 1.54) is 0 Å². The Hall–Kier alpha value is -1.63. The molecule has 2 N–H and O–H groups in total. The van der Waals surface area contributed by atoms with E-state index < -0.39 is 6.10 Å². The van der Waals surface area contributed by atoms with E-state index in [9.17, 15) is 9.90 Å². The highest BCUT2D eigenvalue weighted by molar-refractivity contribution is 5.74. The summed E-state index contributed by atoms with van der Waals surface area (Å²) in [6.07, 6.45) is 2.43. The fourth-order valence-corrected chi connectivity index (χ4v) is 3.73. The first-order valence-corrected chi connectivity index (χ1v) is 8.48. The molecule has 23 heavy (non-hydrogen) atoms. The number of aliphatic hydroxyl groups is 1. The second-order valence-electron chi connectivity index (χ2n) is 7.72. The van der Waals surface area contributed by atoms with Gasteiger partial charge in [-0.2, -0.15) is 0 Å². The predicted octanol–water partition coefficient (Wildman–Crippen LogP) is 1.16. The number of fused-ring (bicyclic) bond motifs is 1. The molecule has 2 aliphatic heterocycles. The van der Waals surface area contributed by atoms with Crippen LogP contribution in [0.15, 0.2) is 0 Å².